The summed E-state index contributed by atoms with van der Waals surface area (Å²) in [6.07, 6.45) is 4.40. The lowest BCUT2D eigenvalue weighted by Crippen LogP contribution is -2.44. The van der Waals surface area contributed by atoms with Gasteiger partial charge in [0.05, 0.1) is 6.10 Å². The predicted molar refractivity (Wildman–Crippen MR) is 64.1 cm³/mol. The smallest absolute Gasteiger partial charge is 0.0662 e. The highest BCUT2D eigenvalue weighted by molar-refractivity contribution is 4.77. The average molecular weight is 214 g/mol. The van der Waals surface area contributed by atoms with Crippen LogP contribution < -0.4 is 5.32 Å². The van der Waals surface area contributed by atoms with Crippen molar-refractivity contribution in [2.45, 2.75) is 51.7 Å². The van der Waals surface area contributed by atoms with Crippen LogP contribution in [-0.2, 0) is 0 Å². The highest BCUT2D eigenvalue weighted by Crippen LogP contribution is 2.10. The van der Waals surface area contributed by atoms with Crippen molar-refractivity contribution in [3.05, 3.63) is 0 Å². The number of aliphatic hydroxyl groups is 1. The number of piperidine rings is 1. The molecule has 0 saturated carbocycles. The van der Waals surface area contributed by atoms with Crippen molar-refractivity contribution < 1.29 is 5.11 Å². The second-order valence-corrected chi connectivity index (χ2v) is 4.59. The standard InChI is InChI=1S/C12H26N2O/c1-3-7-14-8-5-11(6-9-14)13-10-12(15)4-2/h11-13,15H,3-10H2,1-2H3. The Labute approximate surface area is 93.9 Å². The summed E-state index contributed by atoms with van der Waals surface area (Å²) in [6, 6.07) is 0.624. The molecule has 3 heteroatoms. The molecule has 1 atom stereocenters. The third-order valence-corrected chi connectivity index (χ3v) is 3.24. The minimum atomic E-state index is -0.168. The number of rotatable bonds is 6. The third kappa shape index (κ3) is 4.96. The summed E-state index contributed by atoms with van der Waals surface area (Å²) in [5.41, 5.74) is 0. The van der Waals surface area contributed by atoms with Gasteiger partial charge >= 0.3 is 0 Å². The Kier molecular flexibility index (Phi) is 6.22. The summed E-state index contributed by atoms with van der Waals surface area (Å²) >= 11 is 0. The van der Waals surface area contributed by atoms with E-state index in [9.17, 15) is 5.11 Å². The number of nitrogens with zero attached hydrogens (tertiary/aromatic N) is 1. The van der Waals surface area contributed by atoms with Gasteiger partial charge in [0.25, 0.3) is 0 Å². The van der Waals surface area contributed by atoms with E-state index >= 15 is 0 Å². The van der Waals surface area contributed by atoms with Gasteiger partial charge in [-0.05, 0) is 45.3 Å². The summed E-state index contributed by atoms with van der Waals surface area (Å²) in [5, 5.41) is 12.9. The Morgan fingerprint density at radius 1 is 1.33 bits per heavy atom. The van der Waals surface area contributed by atoms with Gasteiger partial charge in [-0.1, -0.05) is 13.8 Å². The molecule has 0 aromatic rings. The number of nitrogens with one attached hydrogen (secondary N) is 1. The van der Waals surface area contributed by atoms with Crippen molar-refractivity contribution in [3.63, 3.8) is 0 Å². The SMILES string of the molecule is CCCN1CCC(NCC(O)CC)CC1. The molecule has 1 rings (SSSR count). The van der Waals surface area contributed by atoms with Gasteiger partial charge in [0.2, 0.25) is 0 Å². The summed E-state index contributed by atoms with van der Waals surface area (Å²) in [6.45, 7) is 8.69. The van der Waals surface area contributed by atoms with Crippen LogP contribution in [0.15, 0.2) is 0 Å². The molecule has 0 aliphatic carbocycles. The monoisotopic (exact) mass is 214 g/mol. The minimum Gasteiger partial charge on any atom is -0.392 e. The maximum atomic E-state index is 9.45. The van der Waals surface area contributed by atoms with E-state index in [0.717, 1.165) is 13.0 Å². The minimum absolute atomic E-state index is 0.168. The quantitative estimate of drug-likeness (QED) is 0.698. The fourth-order valence-corrected chi connectivity index (χ4v) is 2.12. The maximum absolute atomic E-state index is 9.45. The number of aliphatic hydroxyl groups excluding tert-OH is 1. The molecule has 15 heavy (non-hydrogen) atoms. The molecule has 3 nitrogen and oxygen atoms in total. The molecule has 1 unspecified atom stereocenters. The van der Waals surface area contributed by atoms with Gasteiger partial charge in [-0.25, -0.2) is 0 Å². The molecule has 0 spiro atoms. The van der Waals surface area contributed by atoms with Crippen LogP contribution in [0.3, 0.4) is 0 Å². The lowest BCUT2D eigenvalue weighted by Gasteiger charge is -2.32. The van der Waals surface area contributed by atoms with Gasteiger partial charge in [0.15, 0.2) is 0 Å². The Hall–Kier alpha value is -0.120. The lowest BCUT2D eigenvalue weighted by molar-refractivity contribution is 0.147. The second kappa shape index (κ2) is 7.20. The van der Waals surface area contributed by atoms with Crippen LogP contribution in [0, 0.1) is 0 Å². The molecule has 2 N–H and O–H groups in total. The number of hydrogen-bond acceptors (Lipinski definition) is 3. The van der Waals surface area contributed by atoms with E-state index < -0.39 is 0 Å². The van der Waals surface area contributed by atoms with Crippen LogP contribution in [0.2, 0.25) is 0 Å². The van der Waals surface area contributed by atoms with E-state index in [1.165, 1.54) is 38.9 Å². The molecule has 0 aromatic carbocycles. The van der Waals surface area contributed by atoms with Gasteiger partial charge in [0, 0.05) is 12.6 Å². The molecule has 1 aliphatic rings. The van der Waals surface area contributed by atoms with E-state index in [0.29, 0.717) is 6.04 Å². The van der Waals surface area contributed by atoms with E-state index in [2.05, 4.69) is 17.1 Å². The molecule has 0 radical (unpaired) electrons. The van der Waals surface area contributed by atoms with E-state index in [1.54, 1.807) is 0 Å². The first-order chi connectivity index (χ1) is 7.26. The normalized spacial score (nSPS) is 21.8. The van der Waals surface area contributed by atoms with E-state index in [1.807, 2.05) is 6.92 Å². The van der Waals surface area contributed by atoms with Crippen molar-refractivity contribution in [2.75, 3.05) is 26.2 Å². The van der Waals surface area contributed by atoms with Crippen molar-refractivity contribution >= 4 is 0 Å². The average Bonchev–Trinajstić information content (AvgIpc) is 2.28. The number of hydrogen-bond donors (Lipinski definition) is 2. The van der Waals surface area contributed by atoms with Gasteiger partial charge in [-0.3, -0.25) is 0 Å². The first-order valence-electron chi connectivity index (χ1n) is 6.40. The zero-order valence-electron chi connectivity index (χ0n) is 10.2. The topological polar surface area (TPSA) is 35.5 Å². The summed E-state index contributed by atoms with van der Waals surface area (Å²) in [5.74, 6) is 0. The van der Waals surface area contributed by atoms with Crippen LogP contribution in [0.1, 0.15) is 39.5 Å². The highest BCUT2D eigenvalue weighted by atomic mass is 16.3. The Bertz CT molecular complexity index is 156. The van der Waals surface area contributed by atoms with Crippen molar-refractivity contribution in [3.8, 4) is 0 Å². The zero-order valence-corrected chi connectivity index (χ0v) is 10.2. The van der Waals surface area contributed by atoms with Crippen LogP contribution in [0.5, 0.6) is 0 Å². The third-order valence-electron chi connectivity index (χ3n) is 3.24. The second-order valence-electron chi connectivity index (χ2n) is 4.59. The summed E-state index contributed by atoms with van der Waals surface area (Å²) < 4.78 is 0. The molecule has 0 amide bonds. The molecule has 0 aromatic heterocycles. The first kappa shape index (κ1) is 12.9. The van der Waals surface area contributed by atoms with Crippen molar-refractivity contribution in [1.29, 1.82) is 0 Å². The van der Waals surface area contributed by atoms with Crippen LogP contribution in [0.4, 0.5) is 0 Å². The van der Waals surface area contributed by atoms with Crippen molar-refractivity contribution in [1.82, 2.24) is 10.2 Å². The molecular formula is C12H26N2O. The maximum Gasteiger partial charge on any atom is 0.0662 e. The molecule has 1 aliphatic heterocycles. The molecule has 1 saturated heterocycles. The zero-order chi connectivity index (χ0) is 11.1. The molecule has 1 fully saturated rings. The summed E-state index contributed by atoms with van der Waals surface area (Å²) in [7, 11) is 0. The highest BCUT2D eigenvalue weighted by Gasteiger charge is 2.18. The lowest BCUT2D eigenvalue weighted by atomic mass is 10.0. The fourth-order valence-electron chi connectivity index (χ4n) is 2.12. The Morgan fingerprint density at radius 2 is 2.00 bits per heavy atom. The van der Waals surface area contributed by atoms with Gasteiger partial charge < -0.3 is 15.3 Å². The molecule has 90 valence electrons. The van der Waals surface area contributed by atoms with Crippen LogP contribution in [-0.4, -0.2) is 48.3 Å². The molecular weight excluding hydrogens is 188 g/mol. The van der Waals surface area contributed by atoms with Gasteiger partial charge in [0.1, 0.15) is 0 Å². The Balaban J connectivity index is 2.09. The van der Waals surface area contributed by atoms with Crippen LogP contribution >= 0.6 is 0 Å². The Morgan fingerprint density at radius 3 is 2.53 bits per heavy atom. The first-order valence-corrected chi connectivity index (χ1v) is 6.40. The van der Waals surface area contributed by atoms with E-state index in [-0.39, 0.29) is 6.10 Å². The van der Waals surface area contributed by atoms with E-state index in [4.69, 9.17) is 0 Å². The van der Waals surface area contributed by atoms with Crippen molar-refractivity contribution in [2.24, 2.45) is 0 Å². The van der Waals surface area contributed by atoms with Gasteiger partial charge in [-0.2, -0.15) is 0 Å². The summed E-state index contributed by atoms with van der Waals surface area (Å²) in [4.78, 5) is 2.54. The molecule has 1 heterocycles. The largest absolute Gasteiger partial charge is 0.392 e. The number of likely N-dealkylation sites (tertiary alicyclic amines) is 1. The van der Waals surface area contributed by atoms with Gasteiger partial charge in [-0.15, -0.1) is 0 Å². The molecule has 0 bridgehead atoms. The predicted octanol–water partition coefficient (Wildman–Crippen LogP) is 1.22. The fraction of sp³-hybridized carbons (Fsp3) is 1.00. The van der Waals surface area contributed by atoms with Crippen LogP contribution in [0.25, 0.3) is 0 Å².